The van der Waals surface area contributed by atoms with E-state index in [-0.39, 0.29) is 29.0 Å². The van der Waals surface area contributed by atoms with Gasteiger partial charge in [-0.05, 0) is 59.7 Å². The summed E-state index contributed by atoms with van der Waals surface area (Å²) >= 11 is -2.13. The molecule has 0 saturated heterocycles. The summed E-state index contributed by atoms with van der Waals surface area (Å²) in [4.78, 5) is 21.0. The summed E-state index contributed by atoms with van der Waals surface area (Å²) in [7, 11) is 1.44. The molecular formula is C27H24FN5O4S. The lowest BCUT2D eigenvalue weighted by molar-refractivity contribution is -0.115. The normalized spacial score (nSPS) is 12.0. The number of aliphatic imine (C=N–C) groups is 1. The lowest BCUT2D eigenvalue weighted by Crippen LogP contribution is -2.22. The average molecular weight is 534 g/mol. The SMILES string of the molecule is COc1cc(S(=O)O)ccc1NC(N)=Nc1ccc(-c2ccc(NC(=O)Cc3ccc(F)cc3)cc2)cn1. The Morgan fingerprint density at radius 3 is 2.37 bits per heavy atom. The molecule has 0 spiro atoms. The van der Waals surface area contributed by atoms with Crippen molar-refractivity contribution in [1.29, 1.82) is 0 Å². The Balaban J connectivity index is 1.37. The molecule has 5 N–H and O–H groups in total. The molecule has 4 rings (SSSR count). The Kier molecular flexibility index (Phi) is 8.41. The number of anilines is 2. The second kappa shape index (κ2) is 12.1. The van der Waals surface area contributed by atoms with Crippen molar-refractivity contribution in [2.24, 2.45) is 10.7 Å². The van der Waals surface area contributed by atoms with E-state index in [1.54, 1.807) is 42.6 Å². The first-order valence-electron chi connectivity index (χ1n) is 11.3. The Labute approximate surface area is 220 Å². The first kappa shape index (κ1) is 26.5. The third-order valence-corrected chi connectivity index (χ3v) is 6.06. The molecule has 1 unspecified atom stereocenters. The van der Waals surface area contributed by atoms with Gasteiger partial charge in [0.15, 0.2) is 22.9 Å². The molecule has 11 heteroatoms. The molecular weight excluding hydrogens is 509 g/mol. The van der Waals surface area contributed by atoms with E-state index < -0.39 is 11.1 Å². The molecule has 9 nitrogen and oxygen atoms in total. The zero-order valence-corrected chi connectivity index (χ0v) is 21.0. The van der Waals surface area contributed by atoms with E-state index in [2.05, 4.69) is 20.6 Å². The Bertz CT molecular complexity index is 1480. The highest BCUT2D eigenvalue weighted by Crippen LogP contribution is 2.27. The monoisotopic (exact) mass is 533 g/mol. The van der Waals surface area contributed by atoms with Crippen molar-refractivity contribution in [2.75, 3.05) is 17.7 Å². The minimum atomic E-state index is -2.13. The van der Waals surface area contributed by atoms with Crippen LogP contribution in [-0.2, 0) is 22.3 Å². The summed E-state index contributed by atoms with van der Waals surface area (Å²) in [6.45, 7) is 0. The standard InChI is InChI=1S/C27H24FN5O4S/c1-37-24-15-22(38(35)36)11-12-23(24)32-27(29)33-25-13-6-19(16-30-25)18-4-9-21(10-5-18)31-26(34)14-17-2-7-20(28)8-3-17/h2-13,15-16H,14H2,1H3,(H,31,34)(H,35,36)(H3,29,30,32,33). The fourth-order valence-electron chi connectivity index (χ4n) is 3.53. The number of nitrogens with two attached hydrogens (primary N) is 1. The third kappa shape index (κ3) is 6.99. The van der Waals surface area contributed by atoms with E-state index in [0.29, 0.717) is 22.9 Å². The van der Waals surface area contributed by atoms with Crippen LogP contribution < -0.4 is 21.1 Å². The minimum absolute atomic E-state index is 0.0575. The van der Waals surface area contributed by atoms with Crippen LogP contribution in [0, 0.1) is 5.82 Å². The molecule has 194 valence electrons. The largest absolute Gasteiger partial charge is 0.495 e. The van der Waals surface area contributed by atoms with Gasteiger partial charge in [-0.2, -0.15) is 4.99 Å². The summed E-state index contributed by atoms with van der Waals surface area (Å²) in [5.41, 5.74) is 9.58. The summed E-state index contributed by atoms with van der Waals surface area (Å²) < 4.78 is 38.8. The van der Waals surface area contributed by atoms with Crippen LogP contribution in [0.4, 0.5) is 21.6 Å². The number of rotatable bonds is 8. The highest BCUT2D eigenvalue weighted by Gasteiger charge is 2.09. The Morgan fingerprint density at radius 1 is 1.03 bits per heavy atom. The van der Waals surface area contributed by atoms with Gasteiger partial charge in [-0.25, -0.2) is 13.6 Å². The zero-order valence-electron chi connectivity index (χ0n) is 20.2. The number of benzene rings is 3. The number of halogens is 1. The van der Waals surface area contributed by atoms with Gasteiger partial charge in [0, 0.05) is 23.5 Å². The number of ether oxygens (including phenoxy) is 1. The van der Waals surface area contributed by atoms with Crippen LogP contribution in [-0.4, -0.2) is 32.7 Å². The van der Waals surface area contributed by atoms with Crippen LogP contribution >= 0.6 is 0 Å². The smallest absolute Gasteiger partial charge is 0.228 e. The lowest BCUT2D eigenvalue weighted by Gasteiger charge is -2.11. The third-order valence-electron chi connectivity index (χ3n) is 5.40. The number of carbonyl (C=O) groups excluding carboxylic acids is 1. The average Bonchev–Trinajstić information content (AvgIpc) is 2.91. The number of hydrogen-bond donors (Lipinski definition) is 4. The molecule has 3 aromatic carbocycles. The maximum atomic E-state index is 13.0. The number of nitrogens with one attached hydrogen (secondary N) is 2. The first-order chi connectivity index (χ1) is 18.3. The number of nitrogens with zero attached hydrogens (tertiary/aromatic N) is 2. The van der Waals surface area contributed by atoms with E-state index in [9.17, 15) is 17.9 Å². The van der Waals surface area contributed by atoms with Gasteiger partial charge in [-0.1, -0.05) is 24.3 Å². The fraction of sp³-hybridized carbons (Fsp3) is 0.0741. The van der Waals surface area contributed by atoms with E-state index in [1.165, 1.54) is 31.4 Å². The minimum Gasteiger partial charge on any atom is -0.495 e. The molecule has 0 saturated carbocycles. The van der Waals surface area contributed by atoms with E-state index in [4.69, 9.17) is 10.5 Å². The van der Waals surface area contributed by atoms with E-state index in [0.717, 1.165) is 16.7 Å². The second-order valence-electron chi connectivity index (χ2n) is 8.07. The predicted octanol–water partition coefficient (Wildman–Crippen LogP) is 4.72. The van der Waals surface area contributed by atoms with Crippen LogP contribution in [0.1, 0.15) is 5.56 Å². The van der Waals surface area contributed by atoms with Crippen molar-refractivity contribution in [1.82, 2.24) is 4.98 Å². The first-order valence-corrected chi connectivity index (χ1v) is 12.4. The van der Waals surface area contributed by atoms with Crippen LogP contribution in [0.15, 0.2) is 94.9 Å². The van der Waals surface area contributed by atoms with Crippen molar-refractivity contribution in [3.8, 4) is 16.9 Å². The molecule has 1 atom stereocenters. The summed E-state index contributed by atoms with van der Waals surface area (Å²) in [6, 6.07) is 21.1. The van der Waals surface area contributed by atoms with Crippen molar-refractivity contribution in [2.45, 2.75) is 11.3 Å². The maximum Gasteiger partial charge on any atom is 0.228 e. The molecule has 1 heterocycles. The van der Waals surface area contributed by atoms with Gasteiger partial charge in [0.1, 0.15) is 11.6 Å². The van der Waals surface area contributed by atoms with Gasteiger partial charge in [-0.15, -0.1) is 0 Å². The molecule has 1 aromatic heterocycles. The van der Waals surface area contributed by atoms with E-state index in [1.807, 2.05) is 18.2 Å². The van der Waals surface area contributed by atoms with Crippen molar-refractivity contribution < 1.29 is 22.7 Å². The van der Waals surface area contributed by atoms with Gasteiger partial charge in [0.05, 0.1) is 24.1 Å². The lowest BCUT2D eigenvalue weighted by atomic mass is 10.1. The van der Waals surface area contributed by atoms with Crippen LogP contribution in [0.2, 0.25) is 0 Å². The number of pyridine rings is 1. The summed E-state index contributed by atoms with van der Waals surface area (Å²) in [5, 5.41) is 5.72. The zero-order chi connectivity index (χ0) is 27.1. The highest BCUT2D eigenvalue weighted by molar-refractivity contribution is 7.79. The Hall–Kier alpha value is -4.61. The molecule has 0 bridgehead atoms. The van der Waals surface area contributed by atoms with Gasteiger partial charge < -0.3 is 25.7 Å². The molecule has 0 fully saturated rings. The van der Waals surface area contributed by atoms with E-state index >= 15 is 0 Å². The number of guanidine groups is 1. The Morgan fingerprint density at radius 2 is 1.74 bits per heavy atom. The van der Waals surface area contributed by atoms with Gasteiger partial charge in [0.2, 0.25) is 5.91 Å². The maximum absolute atomic E-state index is 13.0. The molecule has 0 aliphatic rings. The quantitative estimate of drug-likeness (QED) is 0.146. The molecule has 1 amide bonds. The van der Waals surface area contributed by atoms with Crippen LogP contribution in [0.5, 0.6) is 5.75 Å². The number of aromatic nitrogens is 1. The van der Waals surface area contributed by atoms with Gasteiger partial charge in [-0.3, -0.25) is 4.79 Å². The molecule has 4 aromatic rings. The van der Waals surface area contributed by atoms with Gasteiger partial charge >= 0.3 is 0 Å². The number of carbonyl (C=O) groups is 1. The fourth-order valence-corrected chi connectivity index (χ4v) is 3.93. The number of methoxy groups -OCH3 is 1. The molecule has 38 heavy (non-hydrogen) atoms. The van der Waals surface area contributed by atoms with Crippen molar-refractivity contribution >= 4 is 40.1 Å². The van der Waals surface area contributed by atoms with Gasteiger partial charge in [0.25, 0.3) is 0 Å². The predicted molar refractivity (Wildman–Crippen MR) is 145 cm³/mol. The number of hydrogen-bond acceptors (Lipinski definition) is 5. The molecule has 0 aliphatic carbocycles. The number of amides is 1. The van der Waals surface area contributed by atoms with Crippen LogP contribution in [0.25, 0.3) is 11.1 Å². The molecule has 0 radical (unpaired) electrons. The highest BCUT2D eigenvalue weighted by atomic mass is 32.2. The summed E-state index contributed by atoms with van der Waals surface area (Å²) in [5.74, 6) is 0.223. The summed E-state index contributed by atoms with van der Waals surface area (Å²) in [6.07, 6.45) is 1.80. The van der Waals surface area contributed by atoms with Crippen LogP contribution in [0.3, 0.4) is 0 Å². The second-order valence-corrected chi connectivity index (χ2v) is 9.04. The topological polar surface area (TPSA) is 139 Å². The van der Waals surface area contributed by atoms with Crippen molar-refractivity contribution in [3.05, 3.63) is 96.4 Å². The van der Waals surface area contributed by atoms with Crippen molar-refractivity contribution in [3.63, 3.8) is 0 Å². The molecule has 0 aliphatic heterocycles.